The summed E-state index contributed by atoms with van der Waals surface area (Å²) in [5, 5.41) is 0. The van der Waals surface area contributed by atoms with E-state index in [4.69, 9.17) is 9.47 Å². The molecule has 2 aromatic rings. The first-order valence-electron chi connectivity index (χ1n) is 11.2. The molecular formula is C24H32F2N4O3. The summed E-state index contributed by atoms with van der Waals surface area (Å²) in [6.45, 7) is 5.20. The van der Waals surface area contributed by atoms with Crippen LogP contribution in [-0.4, -0.2) is 68.2 Å². The molecule has 3 rings (SSSR count). The lowest BCUT2D eigenvalue weighted by Gasteiger charge is -2.24. The highest BCUT2D eigenvalue weighted by molar-refractivity contribution is 5.76. The van der Waals surface area contributed by atoms with Crippen molar-refractivity contribution >= 4 is 17.5 Å². The number of rotatable bonds is 12. The van der Waals surface area contributed by atoms with Crippen LogP contribution in [0.1, 0.15) is 38.2 Å². The summed E-state index contributed by atoms with van der Waals surface area (Å²) in [5.74, 6) is 2.10. The number of anilines is 2. The van der Waals surface area contributed by atoms with Gasteiger partial charge in [-0.1, -0.05) is 19.1 Å². The molecule has 0 spiro atoms. The van der Waals surface area contributed by atoms with Crippen molar-refractivity contribution in [2.45, 2.75) is 45.1 Å². The highest BCUT2D eigenvalue weighted by Gasteiger charge is 2.26. The number of Topliss-reactive ketones (excluding diaryl/α,β-unsaturated/α-hetero) is 1. The Morgan fingerprint density at radius 1 is 1.27 bits per heavy atom. The predicted octanol–water partition coefficient (Wildman–Crippen LogP) is 3.93. The van der Waals surface area contributed by atoms with E-state index in [1.807, 2.05) is 31.2 Å². The average Bonchev–Trinajstić information content (AvgIpc) is 3.25. The second-order valence-corrected chi connectivity index (χ2v) is 8.40. The molecule has 1 fully saturated rings. The summed E-state index contributed by atoms with van der Waals surface area (Å²) < 4.78 is 37.2. The lowest BCUT2D eigenvalue weighted by atomic mass is 9.96. The Labute approximate surface area is 193 Å². The minimum atomic E-state index is -2.49. The highest BCUT2D eigenvalue weighted by atomic mass is 19.3. The molecule has 7 nitrogen and oxygen atoms in total. The molecule has 0 radical (unpaired) electrons. The molecule has 9 heteroatoms. The number of benzene rings is 1. The maximum atomic E-state index is 13.0. The van der Waals surface area contributed by atoms with Crippen LogP contribution in [-0.2, 0) is 9.53 Å². The molecule has 1 aromatic carbocycles. The SMILES string of the molecule is COCCN(CC(F)F)c1nccc(N2CC[C@@H](Oc3ccc([C@H](C)CC(C)=O)cc3)C2)n1. The largest absolute Gasteiger partial charge is 0.489 e. The van der Waals surface area contributed by atoms with Crippen molar-refractivity contribution in [1.82, 2.24) is 9.97 Å². The number of alkyl halides is 2. The third-order valence-corrected chi connectivity index (χ3v) is 5.65. The van der Waals surface area contributed by atoms with Crippen LogP contribution in [0.2, 0.25) is 0 Å². The zero-order valence-electron chi connectivity index (χ0n) is 19.4. The molecule has 1 aliphatic heterocycles. The van der Waals surface area contributed by atoms with Crippen LogP contribution in [0, 0.1) is 0 Å². The Bertz CT molecular complexity index is 898. The first kappa shape index (κ1) is 24.8. The van der Waals surface area contributed by atoms with Crippen molar-refractivity contribution in [1.29, 1.82) is 0 Å². The van der Waals surface area contributed by atoms with Gasteiger partial charge < -0.3 is 24.1 Å². The summed E-state index contributed by atoms with van der Waals surface area (Å²) in [6.07, 6.45) is 0.452. The number of nitrogens with zero attached hydrogens (tertiary/aromatic N) is 4. The maximum Gasteiger partial charge on any atom is 0.255 e. The van der Waals surface area contributed by atoms with Crippen LogP contribution in [0.25, 0.3) is 0 Å². The first-order valence-corrected chi connectivity index (χ1v) is 11.2. The van der Waals surface area contributed by atoms with E-state index in [1.54, 1.807) is 19.2 Å². The van der Waals surface area contributed by atoms with E-state index in [1.165, 1.54) is 12.0 Å². The molecule has 33 heavy (non-hydrogen) atoms. The summed E-state index contributed by atoms with van der Waals surface area (Å²) >= 11 is 0. The molecule has 2 atom stereocenters. The zero-order chi connectivity index (χ0) is 23.8. The second-order valence-electron chi connectivity index (χ2n) is 8.40. The Hall–Kier alpha value is -2.81. The van der Waals surface area contributed by atoms with Gasteiger partial charge in [-0.25, -0.2) is 13.8 Å². The quantitative estimate of drug-likeness (QED) is 0.473. The molecule has 0 aliphatic carbocycles. The van der Waals surface area contributed by atoms with Gasteiger partial charge in [-0.05, 0) is 36.6 Å². The van der Waals surface area contributed by atoms with Crippen molar-refractivity contribution in [3.63, 3.8) is 0 Å². The minimum absolute atomic E-state index is 0.00503. The van der Waals surface area contributed by atoms with Crippen molar-refractivity contribution in [2.75, 3.05) is 49.7 Å². The van der Waals surface area contributed by atoms with E-state index in [-0.39, 0.29) is 30.3 Å². The number of carbonyl (C=O) groups is 1. The molecule has 0 N–H and O–H groups in total. The molecule has 0 unspecified atom stereocenters. The number of methoxy groups -OCH3 is 1. The fourth-order valence-corrected chi connectivity index (χ4v) is 3.96. The van der Waals surface area contributed by atoms with E-state index >= 15 is 0 Å². The summed E-state index contributed by atoms with van der Waals surface area (Å²) in [6, 6.07) is 9.67. The van der Waals surface area contributed by atoms with Crippen LogP contribution in [0.15, 0.2) is 36.5 Å². The number of carbonyl (C=O) groups excluding carboxylic acids is 1. The fraction of sp³-hybridized carbons (Fsp3) is 0.542. The Kier molecular flexibility index (Phi) is 8.94. The van der Waals surface area contributed by atoms with E-state index < -0.39 is 13.0 Å². The monoisotopic (exact) mass is 462 g/mol. The molecule has 0 bridgehead atoms. The smallest absolute Gasteiger partial charge is 0.255 e. The van der Waals surface area contributed by atoms with Gasteiger partial charge in [0.25, 0.3) is 6.43 Å². The molecular weight excluding hydrogens is 430 g/mol. The van der Waals surface area contributed by atoms with E-state index in [2.05, 4.69) is 14.9 Å². The molecule has 180 valence electrons. The second kappa shape index (κ2) is 11.9. The first-order chi connectivity index (χ1) is 15.9. The topological polar surface area (TPSA) is 67.8 Å². The minimum Gasteiger partial charge on any atom is -0.489 e. The van der Waals surface area contributed by atoms with Crippen molar-refractivity contribution in [2.24, 2.45) is 0 Å². The average molecular weight is 463 g/mol. The number of ketones is 1. The lowest BCUT2D eigenvalue weighted by molar-refractivity contribution is -0.117. The zero-order valence-corrected chi connectivity index (χ0v) is 19.4. The molecule has 0 saturated carbocycles. The van der Waals surface area contributed by atoms with E-state index in [0.29, 0.717) is 25.4 Å². The third kappa shape index (κ3) is 7.35. The fourth-order valence-electron chi connectivity index (χ4n) is 3.96. The highest BCUT2D eigenvalue weighted by Crippen LogP contribution is 2.26. The van der Waals surface area contributed by atoms with Crippen LogP contribution < -0.4 is 14.5 Å². The molecule has 0 amide bonds. The van der Waals surface area contributed by atoms with Crippen molar-refractivity contribution in [3.8, 4) is 5.75 Å². The van der Waals surface area contributed by atoms with Gasteiger partial charge in [-0.3, -0.25) is 0 Å². The van der Waals surface area contributed by atoms with Gasteiger partial charge in [0.2, 0.25) is 5.95 Å². The van der Waals surface area contributed by atoms with Crippen LogP contribution in [0.3, 0.4) is 0 Å². The van der Waals surface area contributed by atoms with Gasteiger partial charge in [-0.2, -0.15) is 4.98 Å². The number of halogens is 2. The molecule has 1 aliphatic rings. The van der Waals surface area contributed by atoms with Crippen molar-refractivity contribution in [3.05, 3.63) is 42.1 Å². The summed E-state index contributed by atoms with van der Waals surface area (Å²) in [7, 11) is 1.53. The Balaban J connectivity index is 1.60. The van der Waals surface area contributed by atoms with Gasteiger partial charge in [0, 0.05) is 39.2 Å². The van der Waals surface area contributed by atoms with Gasteiger partial charge in [-0.15, -0.1) is 0 Å². The van der Waals surface area contributed by atoms with Crippen LogP contribution in [0.4, 0.5) is 20.5 Å². The number of aromatic nitrogens is 2. The van der Waals surface area contributed by atoms with E-state index in [9.17, 15) is 13.6 Å². The summed E-state index contributed by atoms with van der Waals surface area (Å²) in [4.78, 5) is 23.6. The number of hydrogen-bond donors (Lipinski definition) is 0. The van der Waals surface area contributed by atoms with Gasteiger partial charge >= 0.3 is 0 Å². The van der Waals surface area contributed by atoms with Gasteiger partial charge in [0.05, 0.1) is 19.7 Å². The van der Waals surface area contributed by atoms with Crippen LogP contribution >= 0.6 is 0 Å². The number of ether oxygens (including phenoxy) is 2. The number of hydrogen-bond acceptors (Lipinski definition) is 7. The van der Waals surface area contributed by atoms with Crippen molar-refractivity contribution < 1.29 is 23.0 Å². The summed E-state index contributed by atoms with van der Waals surface area (Å²) in [5.41, 5.74) is 1.11. The lowest BCUT2D eigenvalue weighted by Crippen LogP contribution is -2.34. The molecule has 1 aromatic heterocycles. The molecule has 1 saturated heterocycles. The van der Waals surface area contributed by atoms with Gasteiger partial charge in [0.1, 0.15) is 23.5 Å². The normalized spacial score (nSPS) is 16.8. The molecule has 2 heterocycles. The maximum absolute atomic E-state index is 13.0. The van der Waals surface area contributed by atoms with E-state index in [0.717, 1.165) is 24.3 Å². The standard InChI is InChI=1S/C24H32F2N4O3/c1-17(14-18(2)31)19-4-6-20(7-5-19)33-21-9-11-29(15-21)23-8-10-27-24(28-23)30(12-13-32-3)16-22(25)26/h4-8,10,17,21-22H,9,11-16H2,1-3H3/t17-,21-/m1/s1. The predicted molar refractivity (Wildman–Crippen MR) is 124 cm³/mol. The Morgan fingerprint density at radius 2 is 2.03 bits per heavy atom. The Morgan fingerprint density at radius 3 is 2.70 bits per heavy atom. The van der Waals surface area contributed by atoms with Gasteiger partial charge in [0.15, 0.2) is 0 Å². The third-order valence-electron chi connectivity index (χ3n) is 5.65. The van der Waals surface area contributed by atoms with Crippen LogP contribution in [0.5, 0.6) is 5.75 Å².